The molecule has 8 heteroatoms. The molecule has 0 unspecified atom stereocenters. The highest BCUT2D eigenvalue weighted by molar-refractivity contribution is 6.06. The molecule has 0 aromatic heterocycles. The van der Waals surface area contributed by atoms with Crippen LogP contribution in [0.25, 0.3) is 0 Å². The van der Waals surface area contributed by atoms with Gasteiger partial charge in [0.15, 0.2) is 11.6 Å². The first-order chi connectivity index (χ1) is 12.5. The number of anilines is 1. The summed E-state index contributed by atoms with van der Waals surface area (Å²) in [4.78, 5) is 11.2. The van der Waals surface area contributed by atoms with Gasteiger partial charge in [-0.1, -0.05) is 18.2 Å². The molecule has 0 bridgehead atoms. The zero-order valence-corrected chi connectivity index (χ0v) is 13.9. The summed E-state index contributed by atoms with van der Waals surface area (Å²) in [7, 11) is 0. The fourth-order valence-corrected chi connectivity index (χ4v) is 2.47. The largest absolute Gasteiger partial charge is 0.484 e. The van der Waals surface area contributed by atoms with Crippen LogP contribution in [0.5, 0.6) is 5.75 Å². The molecule has 0 aliphatic carbocycles. The van der Waals surface area contributed by atoms with Gasteiger partial charge in [-0.15, -0.1) is 0 Å². The number of benzene rings is 2. The Morgan fingerprint density at radius 3 is 2.62 bits per heavy atom. The van der Waals surface area contributed by atoms with Crippen molar-refractivity contribution < 1.29 is 18.3 Å². The highest BCUT2D eigenvalue weighted by atomic mass is 19.1. The Balaban J connectivity index is 1.79. The molecule has 0 fully saturated rings. The lowest BCUT2D eigenvalue weighted by Crippen LogP contribution is -2.26. The van der Waals surface area contributed by atoms with Crippen LogP contribution in [0, 0.1) is 11.6 Å². The number of nitrogens with zero attached hydrogens (tertiary/aromatic N) is 3. The van der Waals surface area contributed by atoms with Crippen molar-refractivity contribution in [3.63, 3.8) is 0 Å². The van der Waals surface area contributed by atoms with Crippen LogP contribution < -0.4 is 15.6 Å². The number of hydrogen-bond donors (Lipinski definition) is 1. The topological polar surface area (TPSA) is 80.3 Å². The molecule has 134 valence electrons. The number of primary amides is 1. The molecule has 0 saturated heterocycles. The fraction of sp³-hybridized carbons (Fsp3) is 0.167. The predicted molar refractivity (Wildman–Crippen MR) is 94.5 cm³/mol. The summed E-state index contributed by atoms with van der Waals surface area (Å²) < 4.78 is 33.1. The Morgan fingerprint density at radius 2 is 1.92 bits per heavy atom. The summed E-state index contributed by atoms with van der Waals surface area (Å²) in [5.74, 6) is -3.62. The molecule has 1 aliphatic heterocycles. The number of halogens is 2. The zero-order chi connectivity index (χ0) is 18.7. The fourth-order valence-electron chi connectivity index (χ4n) is 2.47. The summed E-state index contributed by atoms with van der Waals surface area (Å²) in [6.07, 6.45) is 0.453. The smallest absolute Gasteiger partial charge is 0.254 e. The molecule has 0 atom stereocenters. The molecule has 1 amide bonds. The summed E-state index contributed by atoms with van der Waals surface area (Å²) in [5, 5.41) is 10.2. The molecule has 2 aromatic carbocycles. The second-order valence-electron chi connectivity index (χ2n) is 5.69. The third-order valence-corrected chi connectivity index (χ3v) is 3.64. The van der Waals surface area contributed by atoms with Crippen molar-refractivity contribution in [3.05, 3.63) is 59.7 Å². The van der Waals surface area contributed by atoms with E-state index in [0.29, 0.717) is 12.1 Å². The van der Waals surface area contributed by atoms with E-state index in [2.05, 4.69) is 10.2 Å². The van der Waals surface area contributed by atoms with Crippen LogP contribution in [-0.2, 0) is 0 Å². The maximum atomic E-state index is 14.2. The van der Waals surface area contributed by atoms with E-state index in [-0.39, 0.29) is 12.4 Å². The van der Waals surface area contributed by atoms with Crippen LogP contribution in [0.2, 0.25) is 0 Å². The third-order valence-electron chi connectivity index (χ3n) is 3.64. The lowest BCUT2D eigenvalue weighted by molar-refractivity contribution is 0.0991. The van der Waals surface area contributed by atoms with E-state index in [1.54, 1.807) is 0 Å². The molecule has 2 N–H and O–H groups in total. The second-order valence-corrected chi connectivity index (χ2v) is 5.69. The van der Waals surface area contributed by atoms with Gasteiger partial charge in [-0.05, 0) is 31.2 Å². The number of amides is 1. The summed E-state index contributed by atoms with van der Waals surface area (Å²) in [6, 6.07) is 11.3. The van der Waals surface area contributed by atoms with Gasteiger partial charge in [-0.2, -0.15) is 15.3 Å². The van der Waals surface area contributed by atoms with Crippen molar-refractivity contribution in [1.29, 1.82) is 0 Å². The zero-order valence-electron chi connectivity index (χ0n) is 13.9. The van der Waals surface area contributed by atoms with Crippen molar-refractivity contribution in [2.24, 2.45) is 15.9 Å². The van der Waals surface area contributed by atoms with Crippen molar-refractivity contribution in [2.45, 2.75) is 13.3 Å². The van der Waals surface area contributed by atoms with E-state index in [1.165, 1.54) is 5.12 Å². The van der Waals surface area contributed by atoms with Gasteiger partial charge < -0.3 is 10.5 Å². The van der Waals surface area contributed by atoms with E-state index in [1.807, 2.05) is 37.3 Å². The number of nitrogens with two attached hydrogens (primary N) is 1. The van der Waals surface area contributed by atoms with Gasteiger partial charge in [0.2, 0.25) is 0 Å². The minimum Gasteiger partial charge on any atom is -0.484 e. The summed E-state index contributed by atoms with van der Waals surface area (Å²) in [5.41, 5.74) is 6.36. The van der Waals surface area contributed by atoms with E-state index >= 15 is 0 Å². The average Bonchev–Trinajstić information content (AvgIpc) is 2.61. The number of ether oxygens (including phenoxy) is 1. The Labute approximate surface area is 148 Å². The van der Waals surface area contributed by atoms with Gasteiger partial charge in [0.25, 0.3) is 5.91 Å². The normalized spacial score (nSPS) is 13.9. The molecule has 26 heavy (non-hydrogen) atoms. The lowest BCUT2D eigenvalue weighted by Gasteiger charge is -2.21. The highest BCUT2D eigenvalue weighted by Gasteiger charge is 2.20. The molecular formula is C18H16F2N4O2. The minimum atomic E-state index is -1.20. The minimum absolute atomic E-state index is 0.0447. The van der Waals surface area contributed by atoms with E-state index < -0.39 is 23.1 Å². The first kappa shape index (κ1) is 17.5. The lowest BCUT2D eigenvalue weighted by atomic mass is 10.1. The van der Waals surface area contributed by atoms with Gasteiger partial charge in [0, 0.05) is 12.1 Å². The SMILES string of the molecule is CC1=NN(c2ccccc2)N=C(COc2ccc(F)c(C(N)=O)c2F)C1. The molecule has 3 rings (SSSR count). The number of hydrogen-bond acceptors (Lipinski definition) is 5. The molecule has 0 saturated carbocycles. The Bertz CT molecular complexity index is 898. The maximum Gasteiger partial charge on any atom is 0.254 e. The van der Waals surface area contributed by atoms with Crippen molar-refractivity contribution in [1.82, 2.24) is 0 Å². The maximum absolute atomic E-state index is 14.2. The van der Waals surface area contributed by atoms with Crippen LogP contribution in [0.15, 0.2) is 52.7 Å². The van der Waals surface area contributed by atoms with Crippen LogP contribution in [-0.4, -0.2) is 23.9 Å². The molecule has 1 aliphatic rings. The highest BCUT2D eigenvalue weighted by Crippen LogP contribution is 2.24. The van der Waals surface area contributed by atoms with E-state index in [0.717, 1.165) is 23.5 Å². The standard InChI is InChI=1S/C18H16F2N4O2/c1-11-9-12(23-24(22-11)13-5-3-2-4-6-13)10-26-15-8-7-14(19)16(17(15)20)18(21)25/h2-8H,9-10H2,1H3,(H2,21,25). The Hall–Kier alpha value is -3.29. The molecular weight excluding hydrogens is 342 g/mol. The Kier molecular flexibility index (Phi) is 4.92. The number of rotatable bonds is 5. The van der Waals surface area contributed by atoms with Crippen molar-refractivity contribution in [2.75, 3.05) is 11.7 Å². The monoisotopic (exact) mass is 358 g/mol. The molecule has 6 nitrogen and oxygen atoms in total. The Morgan fingerprint density at radius 1 is 1.19 bits per heavy atom. The summed E-state index contributed by atoms with van der Waals surface area (Å²) in [6.45, 7) is 1.80. The first-order valence-electron chi connectivity index (χ1n) is 7.82. The van der Waals surface area contributed by atoms with Gasteiger partial charge in [0.1, 0.15) is 18.0 Å². The number of para-hydroxylation sites is 1. The average molecular weight is 358 g/mol. The van der Waals surface area contributed by atoms with Crippen LogP contribution in [0.4, 0.5) is 14.5 Å². The van der Waals surface area contributed by atoms with Crippen LogP contribution in [0.3, 0.4) is 0 Å². The third kappa shape index (κ3) is 3.69. The number of hydrazone groups is 2. The molecule has 2 aromatic rings. The van der Waals surface area contributed by atoms with Crippen LogP contribution in [0.1, 0.15) is 23.7 Å². The second kappa shape index (κ2) is 7.30. The van der Waals surface area contributed by atoms with Gasteiger partial charge in [0.05, 0.1) is 11.4 Å². The van der Waals surface area contributed by atoms with E-state index in [4.69, 9.17) is 10.5 Å². The molecule has 0 radical (unpaired) electrons. The molecule has 1 heterocycles. The number of carbonyl (C=O) groups is 1. The van der Waals surface area contributed by atoms with Gasteiger partial charge >= 0.3 is 0 Å². The number of carbonyl (C=O) groups excluding carboxylic acids is 1. The van der Waals surface area contributed by atoms with Crippen LogP contribution >= 0.6 is 0 Å². The van der Waals surface area contributed by atoms with Gasteiger partial charge in [-0.25, -0.2) is 8.78 Å². The van der Waals surface area contributed by atoms with Crippen molar-refractivity contribution in [3.8, 4) is 5.75 Å². The van der Waals surface area contributed by atoms with Gasteiger partial charge in [-0.3, -0.25) is 4.79 Å². The predicted octanol–water partition coefficient (Wildman–Crippen LogP) is 3.08. The molecule has 0 spiro atoms. The first-order valence-corrected chi connectivity index (χ1v) is 7.82. The quantitative estimate of drug-likeness (QED) is 0.892. The summed E-state index contributed by atoms with van der Waals surface area (Å²) >= 11 is 0. The van der Waals surface area contributed by atoms with E-state index in [9.17, 15) is 13.6 Å². The van der Waals surface area contributed by atoms with Crippen molar-refractivity contribution >= 4 is 23.0 Å².